The average molecular weight is 217 g/mol. The molecule has 0 unspecified atom stereocenters. The minimum atomic E-state index is -1.02. The van der Waals surface area contributed by atoms with Gasteiger partial charge in [0.1, 0.15) is 5.82 Å². The molecule has 82 valence electrons. The number of aromatic nitrogens is 3. The van der Waals surface area contributed by atoms with Crippen LogP contribution in [0.1, 0.15) is 16.3 Å². The third kappa shape index (κ3) is 1.56. The SMILES string of the molecule is Cc1nc(C(=O)O)c(-c2ccncc2)n1C. The third-order valence-corrected chi connectivity index (χ3v) is 2.48. The van der Waals surface area contributed by atoms with Gasteiger partial charge in [-0.05, 0) is 19.1 Å². The summed E-state index contributed by atoms with van der Waals surface area (Å²) in [5.74, 6) is -0.347. The maximum absolute atomic E-state index is 11.1. The fourth-order valence-corrected chi connectivity index (χ4v) is 1.60. The number of pyridine rings is 1. The van der Waals surface area contributed by atoms with Gasteiger partial charge in [0.15, 0.2) is 5.69 Å². The molecule has 5 heteroatoms. The molecular weight excluding hydrogens is 206 g/mol. The van der Waals surface area contributed by atoms with E-state index in [1.165, 1.54) is 0 Å². The summed E-state index contributed by atoms with van der Waals surface area (Å²) in [4.78, 5) is 19.0. The lowest BCUT2D eigenvalue weighted by atomic mass is 10.1. The van der Waals surface area contributed by atoms with Crippen LogP contribution in [0.25, 0.3) is 11.3 Å². The highest BCUT2D eigenvalue weighted by Gasteiger charge is 2.19. The summed E-state index contributed by atoms with van der Waals surface area (Å²) in [7, 11) is 1.80. The first-order valence-electron chi connectivity index (χ1n) is 4.78. The van der Waals surface area contributed by atoms with Crippen LogP contribution in [0.3, 0.4) is 0 Å². The molecule has 2 rings (SSSR count). The fourth-order valence-electron chi connectivity index (χ4n) is 1.60. The molecule has 1 N–H and O–H groups in total. The molecule has 0 aliphatic rings. The lowest BCUT2D eigenvalue weighted by Crippen LogP contribution is -2.01. The van der Waals surface area contributed by atoms with Crippen LogP contribution in [-0.2, 0) is 7.05 Å². The van der Waals surface area contributed by atoms with Gasteiger partial charge in [0.2, 0.25) is 0 Å². The van der Waals surface area contributed by atoms with E-state index >= 15 is 0 Å². The Morgan fingerprint density at radius 2 is 2.00 bits per heavy atom. The topological polar surface area (TPSA) is 68.0 Å². The smallest absolute Gasteiger partial charge is 0.356 e. The molecule has 0 bridgehead atoms. The van der Waals surface area contributed by atoms with Crippen molar-refractivity contribution in [2.75, 3.05) is 0 Å². The molecule has 2 aromatic heterocycles. The Balaban J connectivity index is 2.68. The van der Waals surface area contributed by atoms with Gasteiger partial charge in [-0.3, -0.25) is 4.98 Å². The minimum absolute atomic E-state index is 0.0752. The van der Waals surface area contributed by atoms with Crippen LogP contribution in [0.2, 0.25) is 0 Å². The van der Waals surface area contributed by atoms with E-state index in [-0.39, 0.29) is 5.69 Å². The molecule has 2 aromatic rings. The van der Waals surface area contributed by atoms with Crippen LogP contribution in [0.15, 0.2) is 24.5 Å². The van der Waals surface area contributed by atoms with Crippen LogP contribution in [0, 0.1) is 6.92 Å². The molecule has 0 spiro atoms. The summed E-state index contributed by atoms with van der Waals surface area (Å²) in [6.07, 6.45) is 3.26. The van der Waals surface area contributed by atoms with Gasteiger partial charge in [-0.25, -0.2) is 9.78 Å². The normalized spacial score (nSPS) is 10.4. The van der Waals surface area contributed by atoms with Gasteiger partial charge >= 0.3 is 5.97 Å². The Bertz CT molecular complexity index is 532. The molecule has 0 saturated carbocycles. The molecule has 0 aliphatic carbocycles. The monoisotopic (exact) mass is 217 g/mol. The Hall–Kier alpha value is -2.17. The van der Waals surface area contributed by atoms with Crippen LogP contribution in [0.5, 0.6) is 0 Å². The van der Waals surface area contributed by atoms with E-state index in [1.54, 1.807) is 43.1 Å². The number of hydrogen-bond donors (Lipinski definition) is 1. The molecule has 0 saturated heterocycles. The molecule has 5 nitrogen and oxygen atoms in total. The highest BCUT2D eigenvalue weighted by atomic mass is 16.4. The average Bonchev–Trinajstić information content (AvgIpc) is 2.57. The molecule has 16 heavy (non-hydrogen) atoms. The number of nitrogens with zero attached hydrogens (tertiary/aromatic N) is 3. The molecule has 0 atom stereocenters. The Labute approximate surface area is 92.4 Å². The van der Waals surface area contributed by atoms with Crippen LogP contribution >= 0.6 is 0 Å². The second-order valence-electron chi connectivity index (χ2n) is 3.46. The molecule has 0 fully saturated rings. The molecular formula is C11H11N3O2. The van der Waals surface area contributed by atoms with Crippen molar-refractivity contribution in [3.05, 3.63) is 36.0 Å². The highest BCUT2D eigenvalue weighted by molar-refractivity contribution is 5.93. The molecule has 2 heterocycles. The lowest BCUT2D eigenvalue weighted by molar-refractivity contribution is 0.0692. The van der Waals surface area contributed by atoms with Crippen molar-refractivity contribution in [1.82, 2.24) is 14.5 Å². The van der Waals surface area contributed by atoms with Crippen LogP contribution in [-0.4, -0.2) is 25.6 Å². The summed E-state index contributed by atoms with van der Waals surface area (Å²) in [5, 5.41) is 9.07. The molecule has 0 radical (unpaired) electrons. The zero-order valence-corrected chi connectivity index (χ0v) is 9.01. The lowest BCUT2D eigenvalue weighted by Gasteiger charge is -2.04. The van der Waals surface area contributed by atoms with Crippen molar-refractivity contribution in [3.63, 3.8) is 0 Å². The number of carboxylic acid groups (broad SMARTS) is 1. The number of carbonyl (C=O) groups is 1. The number of rotatable bonds is 2. The fraction of sp³-hybridized carbons (Fsp3) is 0.182. The van der Waals surface area contributed by atoms with Crippen LogP contribution < -0.4 is 0 Å². The summed E-state index contributed by atoms with van der Waals surface area (Å²) in [6, 6.07) is 3.53. The maximum atomic E-state index is 11.1. The van der Waals surface area contributed by atoms with E-state index < -0.39 is 5.97 Å². The van der Waals surface area contributed by atoms with Gasteiger partial charge in [0, 0.05) is 25.0 Å². The Kier molecular flexibility index (Phi) is 2.44. The summed E-state index contributed by atoms with van der Waals surface area (Å²) < 4.78 is 1.76. The number of imidazole rings is 1. The molecule has 0 amide bonds. The van der Waals surface area contributed by atoms with E-state index in [9.17, 15) is 4.79 Å². The summed E-state index contributed by atoms with van der Waals surface area (Å²) >= 11 is 0. The number of carboxylic acids is 1. The first-order valence-corrected chi connectivity index (χ1v) is 4.78. The zero-order valence-electron chi connectivity index (χ0n) is 9.01. The highest BCUT2D eigenvalue weighted by Crippen LogP contribution is 2.23. The summed E-state index contributed by atoms with van der Waals surface area (Å²) in [5.41, 5.74) is 1.48. The zero-order chi connectivity index (χ0) is 11.7. The first-order chi connectivity index (χ1) is 7.61. The minimum Gasteiger partial charge on any atom is -0.476 e. The second-order valence-corrected chi connectivity index (χ2v) is 3.46. The third-order valence-electron chi connectivity index (χ3n) is 2.48. The van der Waals surface area contributed by atoms with Crippen molar-refractivity contribution >= 4 is 5.97 Å². The van der Waals surface area contributed by atoms with E-state index in [1.807, 2.05) is 0 Å². The first kappa shape index (κ1) is 10.4. The van der Waals surface area contributed by atoms with E-state index in [0.717, 1.165) is 5.56 Å². The Morgan fingerprint density at radius 3 is 2.56 bits per heavy atom. The van der Waals surface area contributed by atoms with Crippen molar-refractivity contribution in [1.29, 1.82) is 0 Å². The largest absolute Gasteiger partial charge is 0.476 e. The predicted octanol–water partition coefficient (Wildman–Crippen LogP) is 1.49. The van der Waals surface area contributed by atoms with Crippen molar-refractivity contribution in [2.45, 2.75) is 6.92 Å². The Morgan fingerprint density at radius 1 is 1.38 bits per heavy atom. The van der Waals surface area contributed by atoms with Gasteiger partial charge in [-0.1, -0.05) is 0 Å². The number of hydrogen-bond acceptors (Lipinski definition) is 3. The quantitative estimate of drug-likeness (QED) is 0.827. The van der Waals surface area contributed by atoms with E-state index in [0.29, 0.717) is 11.5 Å². The van der Waals surface area contributed by atoms with Crippen molar-refractivity contribution < 1.29 is 9.90 Å². The van der Waals surface area contributed by atoms with E-state index in [4.69, 9.17) is 5.11 Å². The van der Waals surface area contributed by atoms with Gasteiger partial charge in [0.05, 0.1) is 5.69 Å². The van der Waals surface area contributed by atoms with Gasteiger partial charge in [-0.15, -0.1) is 0 Å². The molecule has 0 aromatic carbocycles. The van der Waals surface area contributed by atoms with E-state index in [2.05, 4.69) is 9.97 Å². The number of aromatic carboxylic acids is 1. The van der Waals surface area contributed by atoms with Crippen molar-refractivity contribution in [2.24, 2.45) is 7.05 Å². The van der Waals surface area contributed by atoms with Crippen molar-refractivity contribution in [3.8, 4) is 11.3 Å². The summed E-state index contributed by atoms with van der Waals surface area (Å²) in [6.45, 7) is 1.77. The van der Waals surface area contributed by atoms with Gasteiger partial charge < -0.3 is 9.67 Å². The number of aryl methyl sites for hydroxylation is 1. The maximum Gasteiger partial charge on any atom is 0.356 e. The van der Waals surface area contributed by atoms with Gasteiger partial charge in [0.25, 0.3) is 0 Å². The molecule has 0 aliphatic heterocycles. The predicted molar refractivity (Wildman–Crippen MR) is 58.1 cm³/mol. The second kappa shape index (κ2) is 3.77. The standard InChI is InChI=1S/C11H11N3O2/c1-7-13-9(11(15)16)10(14(7)2)8-3-5-12-6-4-8/h3-6H,1-2H3,(H,15,16). The van der Waals surface area contributed by atoms with Crippen LogP contribution in [0.4, 0.5) is 0 Å². The van der Waals surface area contributed by atoms with Gasteiger partial charge in [-0.2, -0.15) is 0 Å².